The third-order valence-electron chi connectivity index (χ3n) is 3.55. The molecular formula is C16H12N4O2S. The van der Waals surface area contributed by atoms with Gasteiger partial charge in [-0.1, -0.05) is 6.07 Å². The maximum atomic E-state index is 12.0. The highest BCUT2D eigenvalue weighted by molar-refractivity contribution is 7.13. The first-order valence-corrected chi connectivity index (χ1v) is 7.80. The van der Waals surface area contributed by atoms with Crippen LogP contribution in [-0.2, 0) is 0 Å². The molecule has 0 unspecified atom stereocenters. The molecule has 114 valence electrons. The van der Waals surface area contributed by atoms with E-state index in [4.69, 9.17) is 4.74 Å². The van der Waals surface area contributed by atoms with Gasteiger partial charge in [-0.15, -0.1) is 11.3 Å². The van der Waals surface area contributed by atoms with Crippen molar-refractivity contribution in [2.75, 3.05) is 7.11 Å². The van der Waals surface area contributed by atoms with Crippen molar-refractivity contribution in [3.05, 3.63) is 58.3 Å². The van der Waals surface area contributed by atoms with Gasteiger partial charge in [0.25, 0.3) is 5.56 Å². The van der Waals surface area contributed by atoms with Gasteiger partial charge in [0.2, 0.25) is 0 Å². The van der Waals surface area contributed by atoms with Crippen molar-refractivity contribution in [3.63, 3.8) is 0 Å². The van der Waals surface area contributed by atoms with Crippen LogP contribution in [0.4, 0.5) is 0 Å². The Kier molecular flexibility index (Phi) is 3.20. The number of fused-ring (bicyclic) bond motifs is 1. The van der Waals surface area contributed by atoms with E-state index in [2.05, 4.69) is 15.3 Å². The van der Waals surface area contributed by atoms with Crippen LogP contribution in [0.25, 0.3) is 27.2 Å². The Balaban J connectivity index is 1.91. The summed E-state index contributed by atoms with van der Waals surface area (Å²) in [7, 11) is 1.62. The Hall–Kier alpha value is -2.93. The van der Waals surface area contributed by atoms with Gasteiger partial charge in [-0.2, -0.15) is 10.2 Å². The van der Waals surface area contributed by atoms with E-state index in [0.29, 0.717) is 5.52 Å². The molecule has 1 aromatic carbocycles. The summed E-state index contributed by atoms with van der Waals surface area (Å²) >= 11 is 1.57. The van der Waals surface area contributed by atoms with Crippen molar-refractivity contribution in [2.45, 2.75) is 0 Å². The molecule has 3 aromatic heterocycles. The minimum atomic E-state index is -0.299. The van der Waals surface area contributed by atoms with Gasteiger partial charge in [-0.05, 0) is 35.7 Å². The summed E-state index contributed by atoms with van der Waals surface area (Å²) in [5, 5.41) is 13.8. The van der Waals surface area contributed by atoms with E-state index in [1.165, 1.54) is 0 Å². The zero-order valence-corrected chi connectivity index (χ0v) is 13.0. The molecular weight excluding hydrogens is 312 g/mol. The fourth-order valence-electron chi connectivity index (χ4n) is 2.40. The number of hydrogen-bond donors (Lipinski definition) is 1. The molecule has 0 aliphatic carbocycles. The predicted molar refractivity (Wildman–Crippen MR) is 89.4 cm³/mol. The maximum absolute atomic E-state index is 12.0. The second-order valence-electron chi connectivity index (χ2n) is 4.91. The van der Waals surface area contributed by atoms with Gasteiger partial charge in [0, 0.05) is 6.20 Å². The number of rotatable bonds is 3. The molecule has 0 fully saturated rings. The normalized spacial score (nSPS) is 11.0. The fraction of sp³-hybridized carbons (Fsp3) is 0.0625. The number of nitrogens with zero attached hydrogens (tertiary/aromatic N) is 3. The van der Waals surface area contributed by atoms with E-state index < -0.39 is 0 Å². The molecule has 3 heterocycles. The van der Waals surface area contributed by atoms with Gasteiger partial charge in [0.05, 0.1) is 23.1 Å². The minimum absolute atomic E-state index is 0.299. The SMILES string of the molecule is COc1ccc(-n2cc3c(-c4cccs4)n[nH]c(=O)c3n2)cc1. The zero-order valence-electron chi connectivity index (χ0n) is 12.2. The van der Waals surface area contributed by atoms with Crippen LogP contribution < -0.4 is 10.3 Å². The third kappa shape index (κ3) is 2.31. The number of aromatic amines is 1. The molecule has 0 saturated carbocycles. The number of hydrogen-bond acceptors (Lipinski definition) is 5. The topological polar surface area (TPSA) is 72.8 Å². The summed E-state index contributed by atoms with van der Waals surface area (Å²) in [6.45, 7) is 0. The first-order valence-electron chi connectivity index (χ1n) is 6.92. The van der Waals surface area contributed by atoms with Crippen LogP contribution in [-0.4, -0.2) is 27.1 Å². The van der Waals surface area contributed by atoms with Crippen LogP contribution >= 0.6 is 11.3 Å². The van der Waals surface area contributed by atoms with Crippen LogP contribution in [0.15, 0.2) is 52.8 Å². The van der Waals surface area contributed by atoms with Crippen LogP contribution in [0, 0.1) is 0 Å². The van der Waals surface area contributed by atoms with Crippen LogP contribution in [0.2, 0.25) is 0 Å². The lowest BCUT2D eigenvalue weighted by Gasteiger charge is -2.02. The van der Waals surface area contributed by atoms with Crippen molar-refractivity contribution in [1.82, 2.24) is 20.0 Å². The molecule has 7 heteroatoms. The second-order valence-corrected chi connectivity index (χ2v) is 5.86. The molecule has 0 atom stereocenters. The molecule has 0 radical (unpaired) electrons. The molecule has 0 aliphatic rings. The molecule has 4 rings (SSSR count). The summed E-state index contributed by atoms with van der Waals surface area (Å²) < 4.78 is 6.84. The van der Waals surface area contributed by atoms with Crippen LogP contribution in [0.3, 0.4) is 0 Å². The van der Waals surface area contributed by atoms with E-state index in [1.54, 1.807) is 23.1 Å². The van der Waals surface area contributed by atoms with Gasteiger partial charge in [0.1, 0.15) is 11.4 Å². The minimum Gasteiger partial charge on any atom is -0.497 e. The molecule has 0 spiro atoms. The summed E-state index contributed by atoms with van der Waals surface area (Å²) in [6, 6.07) is 11.4. The summed E-state index contributed by atoms with van der Waals surface area (Å²) in [5.74, 6) is 0.768. The van der Waals surface area contributed by atoms with Gasteiger partial charge >= 0.3 is 0 Å². The number of H-pyrrole nitrogens is 1. The van der Waals surface area contributed by atoms with Gasteiger partial charge in [-0.3, -0.25) is 4.79 Å². The van der Waals surface area contributed by atoms with E-state index in [1.807, 2.05) is 48.0 Å². The Bertz CT molecular complexity index is 1020. The molecule has 0 bridgehead atoms. The standard InChI is InChI=1S/C16H12N4O2S/c1-22-11-6-4-10(5-7-11)20-9-12-14(13-3-2-8-23-13)17-18-16(21)15(12)19-20/h2-9H,1H3,(H,18,21). The Morgan fingerprint density at radius 1 is 1.22 bits per heavy atom. The smallest absolute Gasteiger partial charge is 0.292 e. The average Bonchev–Trinajstić information content (AvgIpc) is 3.25. The van der Waals surface area contributed by atoms with Crippen LogP contribution in [0.1, 0.15) is 0 Å². The predicted octanol–water partition coefficient (Wildman–Crippen LogP) is 2.85. The number of ether oxygens (including phenoxy) is 1. The van der Waals surface area contributed by atoms with Crippen molar-refractivity contribution < 1.29 is 4.74 Å². The lowest BCUT2D eigenvalue weighted by molar-refractivity contribution is 0.414. The number of aromatic nitrogens is 4. The number of benzene rings is 1. The largest absolute Gasteiger partial charge is 0.497 e. The fourth-order valence-corrected chi connectivity index (χ4v) is 3.13. The Labute approximate surface area is 135 Å². The number of methoxy groups -OCH3 is 1. The molecule has 1 N–H and O–H groups in total. The van der Waals surface area contributed by atoms with Crippen LogP contribution in [0.5, 0.6) is 5.75 Å². The number of nitrogens with one attached hydrogen (secondary N) is 1. The first-order chi connectivity index (χ1) is 11.3. The van der Waals surface area contributed by atoms with E-state index in [9.17, 15) is 4.79 Å². The highest BCUT2D eigenvalue weighted by Crippen LogP contribution is 2.28. The molecule has 0 amide bonds. The van der Waals surface area contributed by atoms with Gasteiger partial charge in [-0.25, -0.2) is 9.78 Å². The Morgan fingerprint density at radius 3 is 2.74 bits per heavy atom. The van der Waals surface area contributed by atoms with E-state index >= 15 is 0 Å². The maximum Gasteiger partial charge on any atom is 0.292 e. The first kappa shape index (κ1) is 13.7. The third-order valence-corrected chi connectivity index (χ3v) is 4.42. The number of thiophene rings is 1. The lowest BCUT2D eigenvalue weighted by atomic mass is 10.2. The average molecular weight is 324 g/mol. The summed E-state index contributed by atoms with van der Waals surface area (Å²) in [6.07, 6.45) is 1.83. The van der Waals surface area contributed by atoms with Gasteiger partial charge < -0.3 is 4.74 Å². The Morgan fingerprint density at radius 2 is 2.04 bits per heavy atom. The van der Waals surface area contributed by atoms with Crippen molar-refractivity contribution in [2.24, 2.45) is 0 Å². The molecule has 4 aromatic rings. The molecule has 23 heavy (non-hydrogen) atoms. The zero-order chi connectivity index (χ0) is 15.8. The highest BCUT2D eigenvalue weighted by atomic mass is 32.1. The van der Waals surface area contributed by atoms with E-state index in [0.717, 1.165) is 27.4 Å². The molecule has 0 saturated heterocycles. The highest BCUT2D eigenvalue weighted by Gasteiger charge is 2.14. The second kappa shape index (κ2) is 5.36. The summed E-state index contributed by atoms with van der Waals surface area (Å²) in [5.41, 5.74) is 1.65. The van der Waals surface area contributed by atoms with Crippen molar-refractivity contribution in [3.8, 4) is 22.0 Å². The van der Waals surface area contributed by atoms with Crippen molar-refractivity contribution in [1.29, 1.82) is 0 Å². The quantitative estimate of drug-likeness (QED) is 0.629. The molecule has 0 aliphatic heterocycles. The lowest BCUT2D eigenvalue weighted by Crippen LogP contribution is -2.09. The van der Waals surface area contributed by atoms with Gasteiger partial charge in [0.15, 0.2) is 5.52 Å². The monoisotopic (exact) mass is 324 g/mol. The molecule has 6 nitrogen and oxygen atoms in total. The van der Waals surface area contributed by atoms with Crippen molar-refractivity contribution >= 4 is 22.2 Å². The van der Waals surface area contributed by atoms with E-state index in [-0.39, 0.29) is 5.56 Å². The summed E-state index contributed by atoms with van der Waals surface area (Å²) in [4.78, 5) is 13.0.